The molecule has 148 valence electrons. The number of nitrogens with zero attached hydrogens (tertiary/aromatic N) is 3. The second-order valence-electron chi connectivity index (χ2n) is 6.58. The van der Waals surface area contributed by atoms with E-state index in [2.05, 4.69) is 15.3 Å². The van der Waals surface area contributed by atoms with Crippen LogP contribution >= 0.6 is 0 Å². The Balaban J connectivity index is 1.79. The number of aliphatic hydroxyl groups is 1. The van der Waals surface area contributed by atoms with E-state index >= 15 is 0 Å². The second kappa shape index (κ2) is 8.52. The van der Waals surface area contributed by atoms with Crippen LogP contribution in [0.3, 0.4) is 0 Å². The van der Waals surface area contributed by atoms with Gasteiger partial charge in [-0.25, -0.2) is 18.5 Å². The fourth-order valence-electron chi connectivity index (χ4n) is 2.98. The summed E-state index contributed by atoms with van der Waals surface area (Å²) >= 11 is 0. The van der Waals surface area contributed by atoms with Crippen LogP contribution in [0.25, 0.3) is 0 Å². The number of hydrogen-bond acceptors (Lipinski definition) is 8. The Morgan fingerprint density at radius 2 is 1.93 bits per heavy atom. The lowest BCUT2D eigenvalue weighted by atomic mass is 10.1. The molecule has 1 heterocycles. The van der Waals surface area contributed by atoms with Gasteiger partial charge in [0.05, 0.1) is 17.2 Å². The molecular formula is C18H21N5O4S. The minimum Gasteiger partial charge on any atom is -0.471 e. The van der Waals surface area contributed by atoms with Crippen molar-refractivity contribution in [3.8, 4) is 11.9 Å². The van der Waals surface area contributed by atoms with Crippen LogP contribution in [0.5, 0.6) is 5.88 Å². The molecule has 0 spiro atoms. The Kier molecular flexibility index (Phi) is 6.08. The number of sulfonamides is 1. The highest BCUT2D eigenvalue weighted by Gasteiger charge is 2.25. The molecule has 0 amide bonds. The maximum absolute atomic E-state index is 11.3. The highest BCUT2D eigenvalue weighted by molar-refractivity contribution is 7.89. The lowest BCUT2D eigenvalue weighted by Crippen LogP contribution is -2.31. The Labute approximate surface area is 163 Å². The first-order valence-electron chi connectivity index (χ1n) is 8.88. The molecule has 0 bridgehead atoms. The molecule has 1 saturated carbocycles. The van der Waals surface area contributed by atoms with Gasteiger partial charge in [-0.05, 0) is 43.5 Å². The molecule has 1 aliphatic carbocycles. The molecule has 2 atom stereocenters. The van der Waals surface area contributed by atoms with Crippen molar-refractivity contribution in [2.45, 2.75) is 49.2 Å². The topological polar surface area (TPSA) is 151 Å². The van der Waals surface area contributed by atoms with Crippen LogP contribution in [0.1, 0.15) is 37.7 Å². The van der Waals surface area contributed by atoms with Crippen LogP contribution in [0.15, 0.2) is 35.4 Å². The predicted molar refractivity (Wildman–Crippen MR) is 101 cm³/mol. The quantitative estimate of drug-likeness (QED) is 0.639. The van der Waals surface area contributed by atoms with Crippen LogP contribution in [0.2, 0.25) is 0 Å². The lowest BCUT2D eigenvalue weighted by molar-refractivity contribution is 0.0291. The SMILES string of the molecule is N#Cc1cnc(Nc2ccc(S(N)(=O)=O)cc2)nc1O[C@H]1CCCCC[C@H]1O. The Hall–Kier alpha value is -2.74. The van der Waals surface area contributed by atoms with Crippen molar-refractivity contribution in [3.05, 3.63) is 36.0 Å². The van der Waals surface area contributed by atoms with Crippen LogP contribution in [0, 0.1) is 11.3 Å². The van der Waals surface area contributed by atoms with Gasteiger partial charge in [0.25, 0.3) is 0 Å². The number of ether oxygens (including phenoxy) is 1. The third-order valence-electron chi connectivity index (χ3n) is 4.49. The number of hydrogen-bond donors (Lipinski definition) is 3. The van der Waals surface area contributed by atoms with Gasteiger partial charge in [0.1, 0.15) is 17.7 Å². The summed E-state index contributed by atoms with van der Waals surface area (Å²) in [4.78, 5) is 8.32. The summed E-state index contributed by atoms with van der Waals surface area (Å²) in [5.41, 5.74) is 0.712. The molecule has 9 nitrogen and oxygen atoms in total. The van der Waals surface area contributed by atoms with Crippen molar-refractivity contribution in [2.24, 2.45) is 5.14 Å². The molecule has 10 heteroatoms. The van der Waals surface area contributed by atoms with E-state index in [9.17, 15) is 18.8 Å². The average Bonchev–Trinajstić information content (AvgIpc) is 2.86. The normalized spacial score (nSPS) is 20.0. The third kappa shape index (κ3) is 4.95. The number of nitriles is 1. The van der Waals surface area contributed by atoms with Gasteiger partial charge in [0.2, 0.25) is 21.9 Å². The smallest absolute Gasteiger partial charge is 0.238 e. The molecule has 0 saturated heterocycles. The first kappa shape index (κ1) is 20.0. The molecule has 1 aliphatic rings. The van der Waals surface area contributed by atoms with Gasteiger partial charge in [0.15, 0.2) is 0 Å². The molecule has 4 N–H and O–H groups in total. The van der Waals surface area contributed by atoms with Crippen LogP contribution < -0.4 is 15.2 Å². The van der Waals surface area contributed by atoms with Crippen molar-refractivity contribution in [1.29, 1.82) is 5.26 Å². The minimum atomic E-state index is -3.77. The van der Waals surface area contributed by atoms with Crippen molar-refractivity contribution < 1.29 is 18.3 Å². The summed E-state index contributed by atoms with van der Waals surface area (Å²) in [6.07, 6.45) is 4.57. The van der Waals surface area contributed by atoms with Crippen molar-refractivity contribution in [2.75, 3.05) is 5.32 Å². The maximum atomic E-state index is 11.3. The highest BCUT2D eigenvalue weighted by atomic mass is 32.2. The highest BCUT2D eigenvalue weighted by Crippen LogP contribution is 2.25. The van der Waals surface area contributed by atoms with Crippen LogP contribution in [0.4, 0.5) is 11.6 Å². The predicted octanol–water partition coefficient (Wildman–Crippen LogP) is 1.81. The van der Waals surface area contributed by atoms with E-state index in [1.165, 1.54) is 30.5 Å². The van der Waals surface area contributed by atoms with Crippen LogP contribution in [-0.2, 0) is 10.0 Å². The molecular weight excluding hydrogens is 382 g/mol. The van der Waals surface area contributed by atoms with Gasteiger partial charge in [-0.15, -0.1) is 0 Å². The van der Waals surface area contributed by atoms with Gasteiger partial charge in [-0.1, -0.05) is 12.8 Å². The zero-order valence-electron chi connectivity index (χ0n) is 15.1. The number of primary sulfonamides is 1. The zero-order chi connectivity index (χ0) is 20.1. The van der Waals surface area contributed by atoms with E-state index in [0.717, 1.165) is 19.3 Å². The van der Waals surface area contributed by atoms with E-state index in [-0.39, 0.29) is 22.3 Å². The Morgan fingerprint density at radius 1 is 1.21 bits per heavy atom. The second-order valence-corrected chi connectivity index (χ2v) is 8.14. The number of nitrogens with two attached hydrogens (primary N) is 1. The lowest BCUT2D eigenvalue weighted by Gasteiger charge is -2.22. The molecule has 28 heavy (non-hydrogen) atoms. The Bertz CT molecular complexity index is 972. The van der Waals surface area contributed by atoms with Gasteiger partial charge in [-0.2, -0.15) is 10.2 Å². The molecule has 1 aromatic heterocycles. The zero-order valence-corrected chi connectivity index (χ0v) is 15.9. The summed E-state index contributed by atoms with van der Waals surface area (Å²) < 4.78 is 28.5. The molecule has 1 fully saturated rings. The number of rotatable bonds is 5. The molecule has 0 radical (unpaired) electrons. The number of aromatic nitrogens is 2. The van der Waals surface area contributed by atoms with Gasteiger partial charge >= 0.3 is 0 Å². The summed E-state index contributed by atoms with van der Waals surface area (Å²) in [6.45, 7) is 0. The summed E-state index contributed by atoms with van der Waals surface area (Å²) in [5.74, 6) is 0.285. The van der Waals surface area contributed by atoms with Gasteiger partial charge < -0.3 is 15.2 Å². The first-order chi connectivity index (χ1) is 13.4. The fraction of sp³-hybridized carbons (Fsp3) is 0.389. The third-order valence-corrected chi connectivity index (χ3v) is 5.42. The van der Waals surface area contributed by atoms with Crippen molar-refractivity contribution in [3.63, 3.8) is 0 Å². The minimum absolute atomic E-state index is 0.00910. The molecule has 0 unspecified atom stereocenters. The van der Waals surface area contributed by atoms with Crippen LogP contribution in [-0.4, -0.2) is 35.7 Å². The van der Waals surface area contributed by atoms with E-state index in [0.29, 0.717) is 18.5 Å². The van der Waals surface area contributed by atoms with E-state index < -0.39 is 22.2 Å². The fourth-order valence-corrected chi connectivity index (χ4v) is 3.50. The molecule has 0 aliphatic heterocycles. The maximum Gasteiger partial charge on any atom is 0.238 e. The summed E-state index contributed by atoms with van der Waals surface area (Å²) in [6, 6.07) is 7.76. The number of anilines is 2. The standard InChI is InChI=1S/C18H21N5O4S/c19-10-12-11-21-18(22-13-6-8-14(9-7-13)28(20,25)26)23-17(12)27-16-5-3-1-2-4-15(16)24/h6-9,11,15-16,24H,1-5H2,(H2,20,25,26)(H,21,22,23)/t15-,16+/m1/s1. The Morgan fingerprint density at radius 3 is 2.61 bits per heavy atom. The number of benzene rings is 1. The molecule has 1 aromatic carbocycles. The van der Waals surface area contributed by atoms with Gasteiger partial charge in [0, 0.05) is 5.69 Å². The molecule has 3 rings (SSSR count). The summed E-state index contributed by atoms with van der Waals surface area (Å²) in [5, 5.41) is 27.5. The number of aliphatic hydroxyl groups excluding tert-OH is 1. The van der Waals surface area contributed by atoms with Crippen molar-refractivity contribution >= 4 is 21.7 Å². The first-order valence-corrected chi connectivity index (χ1v) is 10.4. The van der Waals surface area contributed by atoms with E-state index in [4.69, 9.17) is 9.88 Å². The largest absolute Gasteiger partial charge is 0.471 e. The summed E-state index contributed by atoms with van der Waals surface area (Å²) in [7, 11) is -3.77. The monoisotopic (exact) mass is 403 g/mol. The van der Waals surface area contributed by atoms with E-state index in [1.54, 1.807) is 0 Å². The molecule has 2 aromatic rings. The number of nitrogens with one attached hydrogen (secondary N) is 1. The average molecular weight is 403 g/mol. The van der Waals surface area contributed by atoms with Gasteiger partial charge in [-0.3, -0.25) is 0 Å². The van der Waals surface area contributed by atoms with E-state index in [1.807, 2.05) is 6.07 Å². The van der Waals surface area contributed by atoms with Crippen molar-refractivity contribution in [1.82, 2.24) is 9.97 Å².